The van der Waals surface area contributed by atoms with Crippen LogP contribution in [0.25, 0.3) is 0 Å². The van der Waals surface area contributed by atoms with Gasteiger partial charge in [-0.3, -0.25) is 9.69 Å². The van der Waals surface area contributed by atoms with Crippen LogP contribution in [-0.4, -0.2) is 55.5 Å². The molecule has 116 valence electrons. The van der Waals surface area contributed by atoms with Crippen molar-refractivity contribution in [3.05, 3.63) is 24.0 Å². The Kier molecular flexibility index (Phi) is 4.80. The number of hydrogen-bond acceptors (Lipinski definition) is 4. The summed E-state index contributed by atoms with van der Waals surface area (Å²) in [6.07, 6.45) is 0. The lowest BCUT2D eigenvalue weighted by Crippen LogP contribution is -2.36. The van der Waals surface area contributed by atoms with Crippen LogP contribution in [0.2, 0.25) is 0 Å². The molecule has 0 saturated carbocycles. The second kappa shape index (κ2) is 6.41. The molecular weight excluding hydrogens is 271 g/mol. The van der Waals surface area contributed by atoms with Gasteiger partial charge in [0.1, 0.15) is 5.82 Å². The fourth-order valence-electron chi connectivity index (χ4n) is 2.88. The van der Waals surface area contributed by atoms with Crippen LogP contribution in [0.15, 0.2) is 18.2 Å². The molecule has 0 bridgehead atoms. The number of carbonyl (C=O) groups excluding carboxylic acids is 1. The van der Waals surface area contributed by atoms with Crippen molar-refractivity contribution in [2.75, 3.05) is 44.8 Å². The van der Waals surface area contributed by atoms with Gasteiger partial charge in [-0.05, 0) is 38.2 Å². The number of nitrogens with two attached hydrogens (primary N) is 1. The average molecular weight is 294 g/mol. The Morgan fingerprint density at radius 1 is 1.48 bits per heavy atom. The maximum Gasteiger partial charge on any atom is 0.238 e. The number of rotatable bonds is 4. The van der Waals surface area contributed by atoms with Crippen LogP contribution in [0.1, 0.15) is 6.92 Å². The molecule has 3 N–H and O–H groups in total. The molecule has 1 amide bonds. The molecule has 2 rings (SSSR count). The molecule has 1 saturated heterocycles. The summed E-state index contributed by atoms with van der Waals surface area (Å²) >= 11 is 0. The van der Waals surface area contributed by atoms with Crippen LogP contribution >= 0.6 is 0 Å². The molecular formula is C15H23FN4O. The number of carbonyl (C=O) groups is 1. The van der Waals surface area contributed by atoms with Gasteiger partial charge in [-0.15, -0.1) is 0 Å². The number of halogens is 1. The number of anilines is 2. The van der Waals surface area contributed by atoms with Crippen LogP contribution in [0.3, 0.4) is 0 Å². The first kappa shape index (κ1) is 15.7. The molecule has 1 aromatic rings. The summed E-state index contributed by atoms with van der Waals surface area (Å²) < 4.78 is 13.6. The molecule has 0 spiro atoms. The van der Waals surface area contributed by atoms with Gasteiger partial charge in [0.25, 0.3) is 0 Å². The normalized spacial score (nSPS) is 22.7. The third-order valence-corrected chi connectivity index (χ3v) is 3.94. The molecule has 1 heterocycles. The Hall–Kier alpha value is -1.66. The summed E-state index contributed by atoms with van der Waals surface area (Å²) in [7, 11) is 4.10. The predicted molar refractivity (Wildman–Crippen MR) is 82.5 cm³/mol. The number of nitrogens with zero attached hydrogens (tertiary/aromatic N) is 2. The van der Waals surface area contributed by atoms with Crippen molar-refractivity contribution < 1.29 is 9.18 Å². The minimum atomic E-state index is -0.474. The minimum Gasteiger partial charge on any atom is -0.399 e. The molecule has 2 unspecified atom stereocenters. The van der Waals surface area contributed by atoms with E-state index in [-0.39, 0.29) is 18.1 Å². The Bertz CT molecular complexity index is 520. The largest absolute Gasteiger partial charge is 0.399 e. The van der Waals surface area contributed by atoms with E-state index in [4.69, 9.17) is 5.73 Å². The maximum absolute atomic E-state index is 13.6. The Morgan fingerprint density at radius 3 is 2.81 bits per heavy atom. The first-order valence-electron chi connectivity index (χ1n) is 7.10. The predicted octanol–water partition coefficient (Wildman–Crippen LogP) is 1.23. The first-order chi connectivity index (χ1) is 9.86. The van der Waals surface area contributed by atoms with Crippen molar-refractivity contribution in [3.63, 3.8) is 0 Å². The fourth-order valence-corrected chi connectivity index (χ4v) is 2.88. The molecule has 5 nitrogen and oxygen atoms in total. The van der Waals surface area contributed by atoms with Crippen LogP contribution < -0.4 is 11.1 Å². The lowest BCUT2D eigenvalue weighted by molar-refractivity contribution is -0.117. The Morgan fingerprint density at radius 2 is 2.19 bits per heavy atom. The van der Waals surface area contributed by atoms with Gasteiger partial charge < -0.3 is 16.0 Å². The summed E-state index contributed by atoms with van der Waals surface area (Å²) in [5, 5.41) is 2.59. The van der Waals surface area contributed by atoms with E-state index in [9.17, 15) is 9.18 Å². The number of hydrogen-bond donors (Lipinski definition) is 2. The molecule has 1 fully saturated rings. The van der Waals surface area contributed by atoms with E-state index in [1.54, 1.807) is 0 Å². The van der Waals surface area contributed by atoms with Crippen molar-refractivity contribution >= 4 is 17.3 Å². The van der Waals surface area contributed by atoms with E-state index in [1.807, 2.05) is 14.1 Å². The summed E-state index contributed by atoms with van der Waals surface area (Å²) in [6, 6.07) is 4.60. The zero-order valence-electron chi connectivity index (χ0n) is 12.8. The number of nitrogens with one attached hydrogen (secondary N) is 1. The second-order valence-electron chi connectivity index (χ2n) is 5.99. The van der Waals surface area contributed by atoms with Crippen LogP contribution in [-0.2, 0) is 4.79 Å². The lowest BCUT2D eigenvalue weighted by Gasteiger charge is -2.22. The molecule has 6 heteroatoms. The maximum atomic E-state index is 13.6. The SMILES string of the molecule is CC1CN(CC(=O)Nc2cc(N)ccc2F)CC1N(C)C. The van der Waals surface area contributed by atoms with Crippen molar-refractivity contribution in [1.82, 2.24) is 9.80 Å². The molecule has 0 aliphatic carbocycles. The van der Waals surface area contributed by atoms with Crippen LogP contribution in [0.4, 0.5) is 15.8 Å². The number of likely N-dealkylation sites (N-methyl/N-ethyl adjacent to an activating group) is 1. The van der Waals surface area contributed by atoms with E-state index in [2.05, 4.69) is 22.0 Å². The minimum absolute atomic E-state index is 0.136. The highest BCUT2D eigenvalue weighted by Gasteiger charge is 2.31. The fraction of sp³-hybridized carbons (Fsp3) is 0.533. The number of amides is 1. The molecule has 1 aliphatic heterocycles. The van der Waals surface area contributed by atoms with Gasteiger partial charge in [-0.1, -0.05) is 6.92 Å². The highest BCUT2D eigenvalue weighted by molar-refractivity contribution is 5.92. The molecule has 0 aromatic heterocycles. The standard InChI is InChI=1S/C15H23FN4O/c1-10-7-20(8-14(10)19(2)3)9-15(21)18-13-6-11(17)4-5-12(13)16/h4-6,10,14H,7-9,17H2,1-3H3,(H,18,21). The zero-order chi connectivity index (χ0) is 15.6. The van der Waals surface area contributed by atoms with Gasteiger partial charge in [-0.2, -0.15) is 0 Å². The summed E-state index contributed by atoms with van der Waals surface area (Å²) in [5.41, 5.74) is 6.16. The van der Waals surface area contributed by atoms with Crippen LogP contribution in [0.5, 0.6) is 0 Å². The quantitative estimate of drug-likeness (QED) is 0.820. The molecule has 1 aliphatic rings. The van der Waals surface area contributed by atoms with E-state index < -0.39 is 5.82 Å². The molecule has 2 atom stereocenters. The smallest absolute Gasteiger partial charge is 0.238 e. The van der Waals surface area contributed by atoms with Crippen molar-refractivity contribution in [2.45, 2.75) is 13.0 Å². The van der Waals surface area contributed by atoms with Gasteiger partial charge in [0.15, 0.2) is 0 Å². The number of likely N-dealkylation sites (tertiary alicyclic amines) is 1. The third-order valence-electron chi connectivity index (χ3n) is 3.94. The van der Waals surface area contributed by atoms with Gasteiger partial charge in [-0.25, -0.2) is 4.39 Å². The van der Waals surface area contributed by atoms with Gasteiger partial charge in [0.2, 0.25) is 5.91 Å². The van der Waals surface area contributed by atoms with Crippen LogP contribution in [0, 0.1) is 11.7 Å². The molecule has 21 heavy (non-hydrogen) atoms. The Balaban J connectivity index is 1.92. The molecule has 1 aromatic carbocycles. The first-order valence-corrected chi connectivity index (χ1v) is 7.10. The van der Waals surface area contributed by atoms with Gasteiger partial charge >= 0.3 is 0 Å². The monoisotopic (exact) mass is 294 g/mol. The van der Waals surface area contributed by atoms with Gasteiger partial charge in [0.05, 0.1) is 12.2 Å². The van der Waals surface area contributed by atoms with Crippen molar-refractivity contribution in [1.29, 1.82) is 0 Å². The topological polar surface area (TPSA) is 61.6 Å². The van der Waals surface area contributed by atoms with E-state index in [0.717, 1.165) is 13.1 Å². The van der Waals surface area contributed by atoms with Gasteiger partial charge in [0, 0.05) is 24.8 Å². The van der Waals surface area contributed by atoms with E-state index >= 15 is 0 Å². The van der Waals surface area contributed by atoms with Crippen molar-refractivity contribution in [3.8, 4) is 0 Å². The van der Waals surface area contributed by atoms with E-state index in [1.165, 1.54) is 18.2 Å². The molecule has 0 radical (unpaired) electrons. The number of nitrogen functional groups attached to an aromatic ring is 1. The Labute approximate surface area is 124 Å². The summed E-state index contributed by atoms with van der Waals surface area (Å²) in [4.78, 5) is 16.3. The van der Waals surface area contributed by atoms with E-state index in [0.29, 0.717) is 17.6 Å². The zero-order valence-corrected chi connectivity index (χ0v) is 12.8. The summed E-state index contributed by atoms with van der Waals surface area (Å²) in [5.74, 6) is -0.179. The van der Waals surface area contributed by atoms with Crippen molar-refractivity contribution in [2.24, 2.45) is 5.92 Å². The number of benzene rings is 1. The lowest BCUT2D eigenvalue weighted by atomic mass is 10.1. The highest BCUT2D eigenvalue weighted by Crippen LogP contribution is 2.20. The average Bonchev–Trinajstić information content (AvgIpc) is 2.74. The second-order valence-corrected chi connectivity index (χ2v) is 5.99. The highest BCUT2D eigenvalue weighted by atomic mass is 19.1. The summed E-state index contributed by atoms with van der Waals surface area (Å²) in [6.45, 7) is 4.17. The third kappa shape index (κ3) is 3.92.